The first kappa shape index (κ1) is 21.6. The maximum atomic E-state index is 12.8. The van der Waals surface area contributed by atoms with Gasteiger partial charge in [0.25, 0.3) is 0 Å². The molecule has 0 atom stereocenters. The molecule has 0 spiro atoms. The predicted octanol–water partition coefficient (Wildman–Crippen LogP) is 1.96. The number of aromatic nitrogens is 2. The van der Waals surface area contributed by atoms with E-state index in [-0.39, 0.29) is 42.3 Å². The number of amides is 1. The first-order valence-corrected chi connectivity index (χ1v) is 8.21. The van der Waals surface area contributed by atoms with E-state index in [1.54, 1.807) is 0 Å². The number of aliphatic imine (C=N–C) groups is 1. The second-order valence-corrected chi connectivity index (χ2v) is 5.49. The van der Waals surface area contributed by atoms with Crippen LogP contribution in [0.2, 0.25) is 0 Å². The molecular weight excluding hydrogens is 445 g/mol. The molecule has 1 aromatic heterocycles. The maximum Gasteiger partial charge on any atom is 0.319 e. The van der Waals surface area contributed by atoms with Crippen LogP contribution in [0.5, 0.6) is 0 Å². The highest BCUT2D eigenvalue weighted by molar-refractivity contribution is 14.0. The summed E-state index contributed by atoms with van der Waals surface area (Å²) in [7, 11) is 0. The van der Waals surface area contributed by atoms with E-state index >= 15 is 0 Å². The Balaban J connectivity index is 0.00000312. The number of rotatable bonds is 8. The van der Waals surface area contributed by atoms with Crippen LogP contribution in [0.4, 0.5) is 8.78 Å². The van der Waals surface area contributed by atoms with E-state index in [2.05, 4.69) is 20.6 Å². The van der Waals surface area contributed by atoms with Gasteiger partial charge in [0.1, 0.15) is 12.4 Å². The van der Waals surface area contributed by atoms with Gasteiger partial charge >= 0.3 is 6.55 Å². The molecule has 1 aliphatic rings. The molecule has 0 bridgehead atoms. The van der Waals surface area contributed by atoms with Crippen molar-refractivity contribution in [2.75, 3.05) is 26.2 Å². The zero-order chi connectivity index (χ0) is 17.4. The largest absolute Gasteiger partial charge is 0.357 e. The molecule has 1 amide bonds. The molecule has 2 heterocycles. The van der Waals surface area contributed by atoms with Gasteiger partial charge in [0, 0.05) is 45.0 Å². The van der Waals surface area contributed by atoms with E-state index in [0.717, 1.165) is 30.5 Å². The first-order chi connectivity index (χ1) is 11.6. The van der Waals surface area contributed by atoms with Crippen LogP contribution in [0.15, 0.2) is 17.4 Å². The molecule has 0 aliphatic carbocycles. The summed E-state index contributed by atoms with van der Waals surface area (Å²) < 4.78 is 26.3. The highest BCUT2D eigenvalue weighted by Crippen LogP contribution is 2.12. The van der Waals surface area contributed by atoms with Crippen molar-refractivity contribution in [3.63, 3.8) is 0 Å². The maximum absolute atomic E-state index is 12.8. The standard InChI is InChI=1S/C15H24F2N6O.HI/c1-2-18-15(20-6-4-9-22-8-3-5-13(22)24)21-11-12-19-7-10-23(12)14(16)17;/h7,10,14H,2-6,8-9,11H2,1H3,(H2,18,20,21);1H. The van der Waals surface area contributed by atoms with Gasteiger partial charge in [-0.1, -0.05) is 0 Å². The smallest absolute Gasteiger partial charge is 0.319 e. The number of likely N-dealkylation sites (tertiary alicyclic amines) is 1. The van der Waals surface area contributed by atoms with Crippen LogP contribution in [-0.2, 0) is 11.3 Å². The van der Waals surface area contributed by atoms with Gasteiger partial charge in [-0.05, 0) is 19.8 Å². The predicted molar refractivity (Wildman–Crippen MR) is 102 cm³/mol. The second kappa shape index (κ2) is 11.2. The van der Waals surface area contributed by atoms with Gasteiger partial charge in [-0.15, -0.1) is 24.0 Å². The van der Waals surface area contributed by atoms with Crippen molar-refractivity contribution < 1.29 is 13.6 Å². The Kier molecular flexibility index (Phi) is 9.68. The third-order valence-electron chi connectivity index (χ3n) is 3.75. The summed E-state index contributed by atoms with van der Waals surface area (Å²) in [5.74, 6) is 0.980. The van der Waals surface area contributed by atoms with Gasteiger partial charge < -0.3 is 15.5 Å². The van der Waals surface area contributed by atoms with Crippen LogP contribution in [0.3, 0.4) is 0 Å². The molecule has 25 heavy (non-hydrogen) atoms. The number of alkyl halides is 2. The second-order valence-electron chi connectivity index (χ2n) is 5.49. The normalized spacial score (nSPS) is 14.8. The average Bonchev–Trinajstić information content (AvgIpc) is 3.18. The molecule has 2 N–H and O–H groups in total. The third kappa shape index (κ3) is 6.75. The van der Waals surface area contributed by atoms with Gasteiger partial charge in [0.15, 0.2) is 5.96 Å². The number of carbonyl (C=O) groups excluding carboxylic acids is 1. The number of nitrogens with one attached hydrogen (secondary N) is 2. The fourth-order valence-electron chi connectivity index (χ4n) is 2.55. The summed E-state index contributed by atoms with van der Waals surface area (Å²) in [5.41, 5.74) is 0. The lowest BCUT2D eigenvalue weighted by Gasteiger charge is -2.16. The van der Waals surface area contributed by atoms with Gasteiger partial charge in [0.05, 0.1) is 0 Å². The molecule has 1 fully saturated rings. The number of carbonyl (C=O) groups is 1. The minimum Gasteiger partial charge on any atom is -0.357 e. The van der Waals surface area contributed by atoms with Crippen molar-refractivity contribution in [1.82, 2.24) is 25.1 Å². The minimum absolute atomic E-state index is 0. The van der Waals surface area contributed by atoms with Crippen molar-refractivity contribution >= 4 is 35.8 Å². The molecule has 10 heteroatoms. The minimum atomic E-state index is -2.62. The Labute approximate surface area is 163 Å². The third-order valence-corrected chi connectivity index (χ3v) is 3.75. The molecule has 0 aromatic carbocycles. The Bertz CT molecular complexity index is 566. The number of halogens is 3. The van der Waals surface area contributed by atoms with Crippen LogP contribution in [0.25, 0.3) is 0 Å². The summed E-state index contributed by atoms with van der Waals surface area (Å²) in [6, 6.07) is 0. The van der Waals surface area contributed by atoms with E-state index in [1.165, 1.54) is 12.4 Å². The highest BCUT2D eigenvalue weighted by Gasteiger charge is 2.19. The molecule has 2 rings (SSSR count). The molecule has 0 radical (unpaired) electrons. The molecule has 0 saturated carbocycles. The number of imidazole rings is 1. The SMILES string of the molecule is CCNC(=NCc1nccn1C(F)F)NCCCN1CCCC1=O.I. The number of nitrogens with zero attached hydrogens (tertiary/aromatic N) is 4. The fraction of sp³-hybridized carbons (Fsp3) is 0.667. The topological polar surface area (TPSA) is 74.6 Å². The van der Waals surface area contributed by atoms with Crippen molar-refractivity contribution in [1.29, 1.82) is 0 Å². The zero-order valence-electron chi connectivity index (χ0n) is 14.3. The van der Waals surface area contributed by atoms with Gasteiger partial charge in [-0.3, -0.25) is 9.36 Å². The lowest BCUT2D eigenvalue weighted by atomic mass is 10.4. The molecule has 0 unspecified atom stereocenters. The fourth-order valence-corrected chi connectivity index (χ4v) is 2.55. The lowest BCUT2D eigenvalue weighted by molar-refractivity contribution is -0.127. The Morgan fingerprint density at radius 2 is 2.24 bits per heavy atom. The molecule has 7 nitrogen and oxygen atoms in total. The van der Waals surface area contributed by atoms with Gasteiger partial charge in [-0.25, -0.2) is 9.98 Å². The zero-order valence-corrected chi connectivity index (χ0v) is 16.6. The summed E-state index contributed by atoms with van der Waals surface area (Å²) in [5, 5.41) is 6.21. The molecule has 142 valence electrons. The summed E-state index contributed by atoms with van der Waals surface area (Å²) in [6.45, 7) is 2.26. The molecular formula is C15H25F2IN6O. The molecule has 1 saturated heterocycles. The Morgan fingerprint density at radius 1 is 1.44 bits per heavy atom. The molecule has 1 aromatic rings. The first-order valence-electron chi connectivity index (χ1n) is 8.21. The van der Waals surface area contributed by atoms with Crippen LogP contribution in [0.1, 0.15) is 38.6 Å². The van der Waals surface area contributed by atoms with Crippen molar-refractivity contribution in [2.24, 2.45) is 4.99 Å². The van der Waals surface area contributed by atoms with E-state index in [1.807, 2.05) is 11.8 Å². The van der Waals surface area contributed by atoms with Crippen molar-refractivity contribution in [3.05, 3.63) is 18.2 Å². The van der Waals surface area contributed by atoms with Gasteiger partial charge in [0.2, 0.25) is 5.91 Å². The Morgan fingerprint density at radius 3 is 2.88 bits per heavy atom. The average molecular weight is 470 g/mol. The van der Waals surface area contributed by atoms with Gasteiger partial charge in [-0.2, -0.15) is 8.78 Å². The van der Waals surface area contributed by atoms with Crippen LogP contribution in [0, 0.1) is 0 Å². The Hall–Kier alpha value is -1.46. The highest BCUT2D eigenvalue weighted by atomic mass is 127. The summed E-state index contributed by atoms with van der Waals surface area (Å²) >= 11 is 0. The van der Waals surface area contributed by atoms with Crippen molar-refractivity contribution in [3.8, 4) is 0 Å². The number of guanidine groups is 1. The quantitative estimate of drug-likeness (QED) is 0.264. The lowest BCUT2D eigenvalue weighted by Crippen LogP contribution is -2.39. The van der Waals surface area contributed by atoms with Crippen LogP contribution >= 0.6 is 24.0 Å². The van der Waals surface area contributed by atoms with E-state index < -0.39 is 6.55 Å². The number of hydrogen-bond acceptors (Lipinski definition) is 3. The van der Waals surface area contributed by atoms with Crippen molar-refractivity contribution in [2.45, 2.75) is 39.3 Å². The van der Waals surface area contributed by atoms with E-state index in [4.69, 9.17) is 0 Å². The van der Waals surface area contributed by atoms with E-state index in [9.17, 15) is 13.6 Å². The van der Waals surface area contributed by atoms with Crippen LogP contribution < -0.4 is 10.6 Å². The van der Waals surface area contributed by atoms with E-state index in [0.29, 0.717) is 25.5 Å². The summed E-state index contributed by atoms with van der Waals surface area (Å²) in [6.07, 6.45) is 4.97. The monoisotopic (exact) mass is 470 g/mol. The summed E-state index contributed by atoms with van der Waals surface area (Å²) in [4.78, 5) is 21.6. The van der Waals surface area contributed by atoms with Crippen LogP contribution in [-0.4, -0.2) is 52.5 Å². The number of hydrogen-bond donors (Lipinski definition) is 2. The molecule has 1 aliphatic heterocycles.